The summed E-state index contributed by atoms with van der Waals surface area (Å²) in [6.07, 6.45) is 2.40. The number of nitrogens with zero attached hydrogens (tertiary/aromatic N) is 1. The standard InChI is InChI=1S/C22H25Cl2N3O2/c1-14-3-4-15(2)20(11-14)26-22(29)13-27(17-6-7-17)10-9-21(28)25-19-8-5-16(23)12-18(19)24/h3-5,8,11-12,17H,6-7,9-10,13H2,1-2H3,(H,25,28)(H,26,29). The van der Waals surface area contributed by atoms with Crippen molar-refractivity contribution in [1.82, 2.24) is 4.90 Å². The molecule has 0 aromatic heterocycles. The average Bonchev–Trinajstić information content (AvgIpc) is 3.49. The summed E-state index contributed by atoms with van der Waals surface area (Å²) in [4.78, 5) is 26.9. The lowest BCUT2D eigenvalue weighted by Gasteiger charge is -2.21. The number of aryl methyl sites for hydroxylation is 2. The Balaban J connectivity index is 1.53. The van der Waals surface area contributed by atoms with Crippen molar-refractivity contribution in [2.45, 2.75) is 39.2 Å². The summed E-state index contributed by atoms with van der Waals surface area (Å²) in [5.41, 5.74) is 3.50. The molecule has 1 aliphatic carbocycles. The highest BCUT2D eigenvalue weighted by atomic mass is 35.5. The van der Waals surface area contributed by atoms with E-state index >= 15 is 0 Å². The first kappa shape index (κ1) is 21.6. The number of benzene rings is 2. The number of rotatable bonds is 8. The number of hydrogen-bond donors (Lipinski definition) is 2. The van der Waals surface area contributed by atoms with Gasteiger partial charge in [-0.25, -0.2) is 0 Å². The number of carbonyl (C=O) groups is 2. The summed E-state index contributed by atoms with van der Waals surface area (Å²) < 4.78 is 0. The second kappa shape index (κ2) is 9.61. The number of amides is 2. The van der Waals surface area contributed by atoms with E-state index < -0.39 is 0 Å². The Labute approximate surface area is 181 Å². The van der Waals surface area contributed by atoms with Gasteiger partial charge in [-0.2, -0.15) is 0 Å². The molecule has 0 radical (unpaired) electrons. The third kappa shape index (κ3) is 6.46. The monoisotopic (exact) mass is 433 g/mol. The van der Waals surface area contributed by atoms with Gasteiger partial charge in [0.1, 0.15) is 0 Å². The summed E-state index contributed by atoms with van der Waals surface area (Å²) >= 11 is 12.0. The molecule has 3 rings (SSSR count). The summed E-state index contributed by atoms with van der Waals surface area (Å²) in [7, 11) is 0. The van der Waals surface area contributed by atoms with Crippen LogP contribution in [0.25, 0.3) is 0 Å². The van der Waals surface area contributed by atoms with Crippen molar-refractivity contribution in [2.24, 2.45) is 0 Å². The van der Waals surface area contributed by atoms with Crippen molar-refractivity contribution < 1.29 is 9.59 Å². The minimum atomic E-state index is -0.144. The van der Waals surface area contributed by atoms with E-state index in [9.17, 15) is 9.59 Å². The van der Waals surface area contributed by atoms with Gasteiger partial charge in [-0.1, -0.05) is 35.3 Å². The van der Waals surface area contributed by atoms with Crippen molar-refractivity contribution in [3.05, 3.63) is 57.6 Å². The van der Waals surface area contributed by atoms with Crippen LogP contribution in [-0.2, 0) is 9.59 Å². The first-order valence-electron chi connectivity index (χ1n) is 9.68. The molecule has 1 saturated carbocycles. The fourth-order valence-corrected chi connectivity index (χ4v) is 3.58. The molecule has 0 atom stereocenters. The Kier molecular flexibility index (Phi) is 7.17. The van der Waals surface area contributed by atoms with E-state index in [2.05, 4.69) is 15.5 Å². The molecule has 154 valence electrons. The Morgan fingerprint density at radius 2 is 1.72 bits per heavy atom. The van der Waals surface area contributed by atoms with Crippen molar-refractivity contribution >= 4 is 46.4 Å². The van der Waals surface area contributed by atoms with E-state index in [4.69, 9.17) is 23.2 Å². The van der Waals surface area contributed by atoms with E-state index in [-0.39, 0.29) is 24.8 Å². The van der Waals surface area contributed by atoms with Crippen LogP contribution in [0, 0.1) is 13.8 Å². The smallest absolute Gasteiger partial charge is 0.238 e. The van der Waals surface area contributed by atoms with Gasteiger partial charge >= 0.3 is 0 Å². The van der Waals surface area contributed by atoms with Crippen LogP contribution in [0.15, 0.2) is 36.4 Å². The molecule has 0 heterocycles. The summed E-state index contributed by atoms with van der Waals surface area (Å²) in [6, 6.07) is 11.3. The predicted molar refractivity (Wildman–Crippen MR) is 119 cm³/mol. The van der Waals surface area contributed by atoms with Gasteiger partial charge < -0.3 is 10.6 Å². The predicted octanol–water partition coefficient (Wildman–Crippen LogP) is 5.04. The van der Waals surface area contributed by atoms with E-state index in [0.29, 0.717) is 28.3 Å². The number of halogens is 2. The topological polar surface area (TPSA) is 61.4 Å². The van der Waals surface area contributed by atoms with Crippen LogP contribution in [0.1, 0.15) is 30.4 Å². The Morgan fingerprint density at radius 3 is 2.41 bits per heavy atom. The van der Waals surface area contributed by atoms with Crippen LogP contribution in [0.5, 0.6) is 0 Å². The van der Waals surface area contributed by atoms with Gasteiger partial charge in [0.05, 0.1) is 17.3 Å². The van der Waals surface area contributed by atoms with Crippen LogP contribution in [0.3, 0.4) is 0 Å². The van der Waals surface area contributed by atoms with E-state index in [1.54, 1.807) is 18.2 Å². The Hall–Kier alpha value is -2.08. The molecule has 2 aromatic rings. The summed E-state index contributed by atoms with van der Waals surface area (Å²) in [5, 5.41) is 6.71. The zero-order valence-electron chi connectivity index (χ0n) is 16.6. The lowest BCUT2D eigenvalue weighted by atomic mass is 10.1. The Morgan fingerprint density at radius 1 is 1.00 bits per heavy atom. The molecule has 1 fully saturated rings. The van der Waals surface area contributed by atoms with Crippen molar-refractivity contribution in [3.63, 3.8) is 0 Å². The maximum atomic E-state index is 12.5. The van der Waals surface area contributed by atoms with Crippen molar-refractivity contribution in [2.75, 3.05) is 23.7 Å². The molecule has 2 N–H and O–H groups in total. The van der Waals surface area contributed by atoms with E-state index in [0.717, 1.165) is 29.7 Å². The lowest BCUT2D eigenvalue weighted by molar-refractivity contribution is -0.119. The van der Waals surface area contributed by atoms with Crippen molar-refractivity contribution in [3.8, 4) is 0 Å². The molecule has 2 aromatic carbocycles. The van der Waals surface area contributed by atoms with E-state index in [1.807, 2.05) is 32.0 Å². The normalized spacial score (nSPS) is 13.4. The van der Waals surface area contributed by atoms with Crippen LogP contribution < -0.4 is 10.6 Å². The largest absolute Gasteiger partial charge is 0.325 e. The van der Waals surface area contributed by atoms with Gasteiger partial charge in [0.25, 0.3) is 0 Å². The SMILES string of the molecule is Cc1ccc(C)c(NC(=O)CN(CCC(=O)Nc2ccc(Cl)cc2Cl)C2CC2)c1. The highest BCUT2D eigenvalue weighted by molar-refractivity contribution is 6.36. The summed E-state index contributed by atoms with van der Waals surface area (Å²) in [6.45, 7) is 4.76. The fraction of sp³-hybridized carbons (Fsp3) is 0.364. The maximum absolute atomic E-state index is 12.5. The second-order valence-electron chi connectivity index (χ2n) is 7.49. The highest BCUT2D eigenvalue weighted by Gasteiger charge is 2.30. The first-order chi connectivity index (χ1) is 13.8. The van der Waals surface area contributed by atoms with Crippen LogP contribution in [0.2, 0.25) is 10.0 Å². The van der Waals surface area contributed by atoms with Gasteiger partial charge in [0.15, 0.2) is 0 Å². The molecular weight excluding hydrogens is 409 g/mol. The molecule has 0 unspecified atom stereocenters. The summed E-state index contributed by atoms with van der Waals surface area (Å²) in [5.74, 6) is -0.207. The minimum Gasteiger partial charge on any atom is -0.325 e. The zero-order chi connectivity index (χ0) is 21.0. The molecule has 29 heavy (non-hydrogen) atoms. The molecule has 2 amide bonds. The van der Waals surface area contributed by atoms with Gasteiger partial charge in [-0.15, -0.1) is 0 Å². The molecule has 0 aliphatic heterocycles. The minimum absolute atomic E-state index is 0.0632. The zero-order valence-corrected chi connectivity index (χ0v) is 18.1. The number of hydrogen-bond acceptors (Lipinski definition) is 3. The molecule has 0 spiro atoms. The van der Waals surface area contributed by atoms with Crippen LogP contribution >= 0.6 is 23.2 Å². The van der Waals surface area contributed by atoms with Crippen LogP contribution in [0.4, 0.5) is 11.4 Å². The van der Waals surface area contributed by atoms with E-state index in [1.165, 1.54) is 0 Å². The third-order valence-electron chi connectivity index (χ3n) is 4.91. The van der Waals surface area contributed by atoms with Gasteiger partial charge in [-0.3, -0.25) is 14.5 Å². The molecule has 0 saturated heterocycles. The van der Waals surface area contributed by atoms with Crippen LogP contribution in [-0.4, -0.2) is 35.8 Å². The molecule has 0 bridgehead atoms. The quantitative estimate of drug-likeness (QED) is 0.612. The number of anilines is 2. The first-order valence-corrected chi connectivity index (χ1v) is 10.4. The van der Waals surface area contributed by atoms with Gasteiger partial charge in [-0.05, 0) is 62.1 Å². The molecular formula is C22H25Cl2N3O2. The lowest BCUT2D eigenvalue weighted by Crippen LogP contribution is -2.37. The second-order valence-corrected chi connectivity index (χ2v) is 8.33. The van der Waals surface area contributed by atoms with Crippen molar-refractivity contribution in [1.29, 1.82) is 0 Å². The number of nitrogens with one attached hydrogen (secondary N) is 2. The fourth-order valence-electron chi connectivity index (χ4n) is 3.12. The Bertz CT molecular complexity index is 913. The third-order valence-corrected chi connectivity index (χ3v) is 5.46. The molecule has 7 heteroatoms. The highest BCUT2D eigenvalue weighted by Crippen LogP contribution is 2.28. The van der Waals surface area contributed by atoms with Gasteiger partial charge in [0.2, 0.25) is 11.8 Å². The average molecular weight is 434 g/mol. The number of carbonyl (C=O) groups excluding carboxylic acids is 2. The van der Waals surface area contributed by atoms with Gasteiger partial charge in [0, 0.05) is 29.7 Å². The molecule has 5 nitrogen and oxygen atoms in total. The molecule has 1 aliphatic rings. The maximum Gasteiger partial charge on any atom is 0.238 e.